The second kappa shape index (κ2) is 7.71. The molecular weight excluding hydrogens is 380 g/mol. The predicted molar refractivity (Wildman–Crippen MR) is 105 cm³/mol. The molecule has 2 aliphatic heterocycles. The Bertz CT molecular complexity index is 843. The van der Waals surface area contributed by atoms with Crippen molar-refractivity contribution >= 4 is 22.0 Å². The molecule has 0 saturated carbocycles. The van der Waals surface area contributed by atoms with Gasteiger partial charge in [-0.1, -0.05) is 18.2 Å². The summed E-state index contributed by atoms with van der Waals surface area (Å²) >= 11 is 0. The van der Waals surface area contributed by atoms with Crippen molar-refractivity contribution in [1.29, 1.82) is 0 Å². The number of hydrogen-bond acceptors (Lipinski definition) is 4. The highest BCUT2D eigenvalue weighted by atomic mass is 32.2. The van der Waals surface area contributed by atoms with Gasteiger partial charge in [0.05, 0.1) is 4.90 Å². The lowest BCUT2D eigenvalue weighted by atomic mass is 9.86. The normalized spacial score (nSPS) is 24.1. The molecule has 0 aromatic heterocycles. The van der Waals surface area contributed by atoms with Crippen LogP contribution in [0.3, 0.4) is 0 Å². The molecule has 2 aliphatic rings. The predicted octanol–water partition coefficient (Wildman–Crippen LogP) is 0.959. The van der Waals surface area contributed by atoms with Crippen molar-refractivity contribution in [2.45, 2.75) is 31.2 Å². The molecule has 154 valence electrons. The van der Waals surface area contributed by atoms with E-state index in [1.807, 2.05) is 13.8 Å². The molecule has 8 nitrogen and oxygen atoms in total. The minimum atomic E-state index is -3.71. The van der Waals surface area contributed by atoms with Crippen molar-refractivity contribution in [1.82, 2.24) is 19.4 Å². The van der Waals surface area contributed by atoms with E-state index in [4.69, 9.17) is 0 Å². The molecule has 1 spiro atoms. The van der Waals surface area contributed by atoms with Gasteiger partial charge in [-0.15, -0.1) is 0 Å². The van der Waals surface area contributed by atoms with Gasteiger partial charge in [-0.05, 0) is 26.0 Å². The molecule has 3 rings (SSSR count). The number of hydrogen-bond donors (Lipinski definition) is 1. The van der Waals surface area contributed by atoms with Crippen LogP contribution < -0.4 is 5.32 Å². The molecule has 0 aliphatic carbocycles. The molecule has 2 fully saturated rings. The highest BCUT2D eigenvalue weighted by Crippen LogP contribution is 2.36. The Morgan fingerprint density at radius 3 is 2.36 bits per heavy atom. The van der Waals surface area contributed by atoms with Crippen LogP contribution in [-0.4, -0.2) is 80.3 Å². The first-order valence-corrected chi connectivity index (χ1v) is 10.9. The van der Waals surface area contributed by atoms with Crippen molar-refractivity contribution in [3.8, 4) is 0 Å². The number of sulfonamides is 1. The van der Waals surface area contributed by atoms with Crippen molar-refractivity contribution < 1.29 is 18.0 Å². The fraction of sp³-hybridized carbons (Fsp3) is 0.579. The van der Waals surface area contributed by atoms with Gasteiger partial charge >= 0.3 is 6.03 Å². The summed E-state index contributed by atoms with van der Waals surface area (Å²) in [5.74, 6) is -0.0248. The summed E-state index contributed by atoms with van der Waals surface area (Å²) < 4.78 is 27.8. The number of nitrogens with zero attached hydrogens (tertiary/aromatic N) is 3. The molecule has 2 heterocycles. The molecular formula is C19H28N4O4S. The van der Waals surface area contributed by atoms with Crippen molar-refractivity contribution in [3.63, 3.8) is 0 Å². The number of urea groups is 1. The summed E-state index contributed by atoms with van der Waals surface area (Å²) in [5, 5.41) is 2.87. The number of rotatable bonds is 3. The maximum Gasteiger partial charge on any atom is 0.317 e. The van der Waals surface area contributed by atoms with Gasteiger partial charge in [0.15, 0.2) is 0 Å². The zero-order chi connectivity index (χ0) is 20.5. The van der Waals surface area contributed by atoms with Crippen molar-refractivity contribution in [2.75, 3.05) is 39.8 Å². The van der Waals surface area contributed by atoms with E-state index in [1.165, 1.54) is 4.31 Å². The van der Waals surface area contributed by atoms with Crippen LogP contribution in [0, 0.1) is 5.41 Å². The number of carbonyl (C=O) groups is 2. The average Bonchev–Trinajstić information content (AvgIpc) is 2.79. The first kappa shape index (κ1) is 20.6. The minimum absolute atomic E-state index is 0.0243. The van der Waals surface area contributed by atoms with Crippen molar-refractivity contribution in [3.05, 3.63) is 30.3 Å². The molecule has 9 heteroatoms. The highest BCUT2D eigenvalue weighted by molar-refractivity contribution is 7.89. The van der Waals surface area contributed by atoms with Crippen LogP contribution in [0.4, 0.5) is 4.79 Å². The van der Waals surface area contributed by atoms with Crippen LogP contribution in [0.25, 0.3) is 0 Å². The van der Waals surface area contributed by atoms with Gasteiger partial charge in [-0.2, -0.15) is 4.31 Å². The van der Waals surface area contributed by atoms with E-state index >= 15 is 0 Å². The smallest absolute Gasteiger partial charge is 0.317 e. The number of amides is 3. The Labute approximate surface area is 166 Å². The Hall–Kier alpha value is -2.13. The van der Waals surface area contributed by atoms with Gasteiger partial charge in [-0.3, -0.25) is 4.79 Å². The lowest BCUT2D eigenvalue weighted by Gasteiger charge is -2.33. The van der Waals surface area contributed by atoms with E-state index < -0.39 is 15.4 Å². The lowest BCUT2D eigenvalue weighted by Crippen LogP contribution is -2.49. The summed E-state index contributed by atoms with van der Waals surface area (Å²) in [6.07, 6.45) is 0.232. The van der Waals surface area contributed by atoms with Gasteiger partial charge in [0.25, 0.3) is 0 Å². The van der Waals surface area contributed by atoms with Gasteiger partial charge in [0, 0.05) is 57.6 Å². The van der Waals surface area contributed by atoms with Crippen LogP contribution in [0.1, 0.15) is 20.3 Å². The maximum absolute atomic E-state index is 13.2. The highest BCUT2D eigenvalue weighted by Gasteiger charge is 2.48. The van der Waals surface area contributed by atoms with Crippen molar-refractivity contribution in [2.24, 2.45) is 5.41 Å². The summed E-state index contributed by atoms with van der Waals surface area (Å²) in [5.41, 5.74) is -0.613. The van der Waals surface area contributed by atoms with E-state index in [0.717, 1.165) is 0 Å². The third kappa shape index (κ3) is 4.15. The largest absolute Gasteiger partial charge is 0.345 e. The van der Waals surface area contributed by atoms with Crippen LogP contribution >= 0.6 is 0 Å². The summed E-state index contributed by atoms with van der Waals surface area (Å²) in [7, 11) is -1.99. The number of nitrogens with one attached hydrogen (secondary N) is 1. The molecule has 3 amide bonds. The van der Waals surface area contributed by atoms with Crippen LogP contribution in [0.15, 0.2) is 35.2 Å². The standard InChI is InChI=1S/C19H28N4O4S/c1-15(2)20-18(25)22-9-10-23(28(26,27)16-7-5-4-6-8-16)14-19(13-22)11-17(24)21(3)12-19/h4-8,15H,9-14H2,1-3H3,(H,20,25)/t19-/m1/s1. The van der Waals surface area contributed by atoms with E-state index in [-0.39, 0.29) is 48.9 Å². The quantitative estimate of drug-likeness (QED) is 0.807. The van der Waals surface area contributed by atoms with E-state index in [1.54, 1.807) is 47.2 Å². The SMILES string of the molecule is CC(C)NC(=O)N1CCN(S(=O)(=O)c2ccccc2)C[C@@]2(CC(=O)N(C)C2)C1. The summed E-state index contributed by atoms with van der Waals surface area (Å²) in [6.45, 7) is 5.23. The molecule has 1 N–H and O–H groups in total. The van der Waals surface area contributed by atoms with E-state index in [2.05, 4.69) is 5.32 Å². The Morgan fingerprint density at radius 2 is 1.79 bits per heavy atom. The third-order valence-electron chi connectivity index (χ3n) is 5.26. The molecule has 0 unspecified atom stereocenters. The van der Waals surface area contributed by atoms with Gasteiger partial charge in [0.2, 0.25) is 15.9 Å². The molecule has 1 atom stereocenters. The number of carbonyl (C=O) groups excluding carboxylic acids is 2. The van der Waals surface area contributed by atoms with Crippen LogP contribution in [0.2, 0.25) is 0 Å². The average molecular weight is 409 g/mol. The minimum Gasteiger partial charge on any atom is -0.345 e. The van der Waals surface area contributed by atoms with Gasteiger partial charge in [0.1, 0.15) is 0 Å². The van der Waals surface area contributed by atoms with E-state index in [9.17, 15) is 18.0 Å². The molecule has 0 bridgehead atoms. The molecule has 1 aromatic carbocycles. The number of benzene rings is 1. The van der Waals surface area contributed by atoms with Gasteiger partial charge < -0.3 is 15.1 Å². The first-order valence-electron chi connectivity index (χ1n) is 9.48. The van der Waals surface area contributed by atoms with Crippen LogP contribution in [-0.2, 0) is 14.8 Å². The maximum atomic E-state index is 13.2. The zero-order valence-electron chi connectivity index (χ0n) is 16.6. The first-order chi connectivity index (χ1) is 13.1. The summed E-state index contributed by atoms with van der Waals surface area (Å²) in [6, 6.07) is 8.04. The Morgan fingerprint density at radius 1 is 1.11 bits per heavy atom. The molecule has 28 heavy (non-hydrogen) atoms. The molecule has 1 aromatic rings. The van der Waals surface area contributed by atoms with Gasteiger partial charge in [-0.25, -0.2) is 13.2 Å². The zero-order valence-corrected chi connectivity index (χ0v) is 17.4. The number of likely N-dealkylation sites (tertiary alicyclic amines) is 1. The molecule has 0 radical (unpaired) electrons. The third-order valence-corrected chi connectivity index (χ3v) is 7.12. The monoisotopic (exact) mass is 408 g/mol. The Balaban J connectivity index is 1.93. The Kier molecular flexibility index (Phi) is 5.67. The topological polar surface area (TPSA) is 90.0 Å². The second-order valence-electron chi connectivity index (χ2n) is 8.10. The molecule has 2 saturated heterocycles. The fourth-order valence-corrected chi connectivity index (χ4v) is 5.56. The lowest BCUT2D eigenvalue weighted by molar-refractivity contribution is -0.126. The van der Waals surface area contributed by atoms with Crippen LogP contribution in [0.5, 0.6) is 0 Å². The summed E-state index contributed by atoms with van der Waals surface area (Å²) in [4.78, 5) is 28.4. The second-order valence-corrected chi connectivity index (χ2v) is 10.0. The fourth-order valence-electron chi connectivity index (χ4n) is 3.99. The van der Waals surface area contributed by atoms with E-state index in [0.29, 0.717) is 13.1 Å².